The molecule has 5 nitrogen and oxygen atoms in total. The molecule has 0 spiro atoms. The lowest BCUT2D eigenvalue weighted by Gasteiger charge is -1.97. The molecular formula is C9H15BrN2O3S. The van der Waals surface area contributed by atoms with Gasteiger partial charge < -0.3 is 9.73 Å². The second kappa shape index (κ2) is 5.81. The Kier molecular flexibility index (Phi) is 4.97. The lowest BCUT2D eigenvalue weighted by Crippen LogP contribution is -2.18. The van der Waals surface area contributed by atoms with Crippen molar-refractivity contribution in [1.82, 2.24) is 10.0 Å². The average molecular weight is 311 g/mol. The molecule has 2 N–H and O–H groups in total. The monoisotopic (exact) mass is 310 g/mol. The minimum Gasteiger partial charge on any atom is -0.452 e. The predicted octanol–water partition coefficient (Wildman–Crippen LogP) is 1.45. The van der Waals surface area contributed by atoms with Crippen LogP contribution >= 0.6 is 15.9 Å². The number of nitrogens with one attached hydrogen (secondary N) is 2. The molecule has 1 aromatic heterocycles. The van der Waals surface area contributed by atoms with Crippen LogP contribution in [0.4, 0.5) is 0 Å². The number of halogens is 1. The van der Waals surface area contributed by atoms with Crippen molar-refractivity contribution in [1.29, 1.82) is 0 Å². The number of rotatable bonds is 6. The highest BCUT2D eigenvalue weighted by atomic mass is 79.9. The average Bonchev–Trinajstić information content (AvgIpc) is 2.61. The Balaban J connectivity index is 2.82. The van der Waals surface area contributed by atoms with Crippen LogP contribution in [0.1, 0.15) is 19.1 Å². The molecule has 0 amide bonds. The van der Waals surface area contributed by atoms with Gasteiger partial charge in [0.25, 0.3) is 0 Å². The second-order valence-corrected chi connectivity index (χ2v) is 5.81. The van der Waals surface area contributed by atoms with Gasteiger partial charge in [0.15, 0.2) is 4.67 Å². The van der Waals surface area contributed by atoms with E-state index in [4.69, 9.17) is 4.42 Å². The van der Waals surface area contributed by atoms with Gasteiger partial charge in [0.2, 0.25) is 10.0 Å². The summed E-state index contributed by atoms with van der Waals surface area (Å²) in [5, 5.41) is 3.13. The van der Waals surface area contributed by atoms with Crippen molar-refractivity contribution in [3.63, 3.8) is 0 Å². The van der Waals surface area contributed by atoms with E-state index in [1.54, 1.807) is 0 Å². The summed E-state index contributed by atoms with van der Waals surface area (Å²) in [6, 6.07) is 1.51. The Bertz CT molecular complexity index is 442. The van der Waals surface area contributed by atoms with Gasteiger partial charge in [0.05, 0.1) is 6.54 Å². The molecule has 0 atom stereocenters. The van der Waals surface area contributed by atoms with Gasteiger partial charge in [-0.25, -0.2) is 13.1 Å². The molecular weight excluding hydrogens is 296 g/mol. The Morgan fingerprint density at radius 2 is 2.19 bits per heavy atom. The van der Waals surface area contributed by atoms with Crippen molar-refractivity contribution >= 4 is 26.0 Å². The fourth-order valence-electron chi connectivity index (χ4n) is 1.17. The third kappa shape index (κ3) is 3.31. The van der Waals surface area contributed by atoms with Gasteiger partial charge in [-0.05, 0) is 35.9 Å². The Morgan fingerprint density at radius 1 is 1.50 bits per heavy atom. The van der Waals surface area contributed by atoms with Crippen molar-refractivity contribution in [2.45, 2.75) is 24.8 Å². The topological polar surface area (TPSA) is 71.3 Å². The first kappa shape index (κ1) is 13.7. The summed E-state index contributed by atoms with van der Waals surface area (Å²) in [5.41, 5.74) is 0. The molecule has 0 bridgehead atoms. The van der Waals surface area contributed by atoms with E-state index in [1.807, 2.05) is 0 Å². The van der Waals surface area contributed by atoms with E-state index in [0.717, 1.165) is 13.0 Å². The maximum absolute atomic E-state index is 11.5. The van der Waals surface area contributed by atoms with E-state index in [0.29, 0.717) is 12.3 Å². The van der Waals surface area contributed by atoms with Gasteiger partial charge in [-0.15, -0.1) is 0 Å². The summed E-state index contributed by atoms with van der Waals surface area (Å²) in [6.07, 6.45) is 1.02. The van der Waals surface area contributed by atoms with Crippen molar-refractivity contribution in [2.75, 3.05) is 13.6 Å². The first-order valence-corrected chi connectivity index (χ1v) is 7.21. The zero-order chi connectivity index (χ0) is 12.2. The van der Waals surface area contributed by atoms with E-state index in [2.05, 4.69) is 32.9 Å². The first-order valence-electron chi connectivity index (χ1n) is 4.93. The smallest absolute Gasteiger partial charge is 0.244 e. The lowest BCUT2D eigenvalue weighted by molar-refractivity contribution is 0.461. The molecule has 0 aliphatic heterocycles. The summed E-state index contributed by atoms with van der Waals surface area (Å²) in [7, 11) is -2.09. The predicted molar refractivity (Wildman–Crippen MR) is 64.7 cm³/mol. The summed E-state index contributed by atoms with van der Waals surface area (Å²) in [4.78, 5) is 0.128. The fraction of sp³-hybridized carbons (Fsp3) is 0.556. The molecule has 0 saturated carbocycles. The third-order valence-corrected chi connectivity index (χ3v) is 4.26. The van der Waals surface area contributed by atoms with E-state index in [1.165, 1.54) is 13.1 Å². The van der Waals surface area contributed by atoms with Gasteiger partial charge >= 0.3 is 0 Å². The molecule has 0 saturated heterocycles. The molecule has 1 aromatic rings. The normalized spacial score (nSPS) is 11.9. The van der Waals surface area contributed by atoms with Crippen molar-refractivity contribution in [2.24, 2.45) is 0 Å². The first-order chi connectivity index (χ1) is 7.51. The number of hydrogen-bond acceptors (Lipinski definition) is 4. The molecule has 0 aliphatic rings. The molecule has 0 unspecified atom stereocenters. The molecule has 7 heteroatoms. The van der Waals surface area contributed by atoms with Crippen LogP contribution in [0.5, 0.6) is 0 Å². The lowest BCUT2D eigenvalue weighted by atomic mass is 10.4. The third-order valence-electron chi connectivity index (χ3n) is 1.99. The minimum absolute atomic E-state index is 0.128. The highest BCUT2D eigenvalue weighted by Crippen LogP contribution is 2.25. The van der Waals surface area contributed by atoms with Gasteiger partial charge in [0, 0.05) is 6.07 Å². The van der Waals surface area contributed by atoms with Gasteiger partial charge in [-0.2, -0.15) is 0 Å². The van der Waals surface area contributed by atoms with Crippen LogP contribution in [-0.2, 0) is 16.6 Å². The number of sulfonamides is 1. The fourth-order valence-corrected chi connectivity index (χ4v) is 2.89. The van der Waals surface area contributed by atoms with Crippen LogP contribution in [0.25, 0.3) is 0 Å². The Hall–Kier alpha value is -0.370. The van der Waals surface area contributed by atoms with Crippen LogP contribution in [0.3, 0.4) is 0 Å². The maximum atomic E-state index is 11.5. The highest BCUT2D eigenvalue weighted by Gasteiger charge is 2.20. The highest BCUT2D eigenvalue weighted by molar-refractivity contribution is 9.10. The molecule has 1 rings (SSSR count). The van der Waals surface area contributed by atoms with E-state index in [9.17, 15) is 8.42 Å². The molecule has 16 heavy (non-hydrogen) atoms. The van der Waals surface area contributed by atoms with E-state index >= 15 is 0 Å². The van der Waals surface area contributed by atoms with Crippen LogP contribution in [0.15, 0.2) is 20.0 Å². The number of furan rings is 1. The van der Waals surface area contributed by atoms with Gasteiger partial charge in [-0.1, -0.05) is 6.92 Å². The number of hydrogen-bond donors (Lipinski definition) is 2. The van der Waals surface area contributed by atoms with Gasteiger partial charge in [0.1, 0.15) is 10.7 Å². The summed E-state index contributed by atoms with van der Waals surface area (Å²) in [5.74, 6) is 0.592. The minimum atomic E-state index is -3.46. The second-order valence-electron chi connectivity index (χ2n) is 3.24. The zero-order valence-electron chi connectivity index (χ0n) is 9.21. The maximum Gasteiger partial charge on any atom is 0.244 e. The van der Waals surface area contributed by atoms with E-state index < -0.39 is 10.0 Å². The largest absolute Gasteiger partial charge is 0.452 e. The van der Waals surface area contributed by atoms with E-state index in [-0.39, 0.29) is 9.56 Å². The van der Waals surface area contributed by atoms with Crippen molar-refractivity contribution in [3.8, 4) is 0 Å². The molecule has 0 fully saturated rings. The summed E-state index contributed by atoms with van der Waals surface area (Å²) in [6.45, 7) is 3.44. The quantitative estimate of drug-likeness (QED) is 0.780. The standard InChI is InChI=1S/C9H15BrN2O3S/c1-3-4-12-6-7-5-8(9(10)15-7)16(13,14)11-2/h5,11-12H,3-4,6H2,1-2H3. The molecule has 1 heterocycles. The summed E-state index contributed by atoms with van der Waals surface area (Å²) >= 11 is 3.09. The molecule has 92 valence electrons. The Morgan fingerprint density at radius 3 is 2.75 bits per heavy atom. The zero-order valence-corrected chi connectivity index (χ0v) is 11.6. The van der Waals surface area contributed by atoms with Crippen molar-refractivity contribution in [3.05, 3.63) is 16.5 Å². The van der Waals surface area contributed by atoms with Crippen LogP contribution in [-0.4, -0.2) is 22.0 Å². The van der Waals surface area contributed by atoms with Gasteiger partial charge in [-0.3, -0.25) is 0 Å². The Labute approximate surface area is 104 Å². The SMILES string of the molecule is CCCNCc1cc(S(=O)(=O)NC)c(Br)o1. The van der Waals surface area contributed by atoms with Crippen LogP contribution in [0, 0.1) is 0 Å². The molecule has 0 radical (unpaired) electrons. The molecule has 0 aliphatic carbocycles. The summed E-state index contributed by atoms with van der Waals surface area (Å²) < 4.78 is 30.8. The van der Waals surface area contributed by atoms with Crippen molar-refractivity contribution < 1.29 is 12.8 Å². The van der Waals surface area contributed by atoms with Crippen LogP contribution in [0.2, 0.25) is 0 Å². The van der Waals surface area contributed by atoms with Crippen LogP contribution < -0.4 is 10.0 Å². The molecule has 0 aromatic carbocycles.